The zero-order chi connectivity index (χ0) is 16.9. The standard InChI is InChI=1S/C16H25N3O3S/c1-18-12-9-14(10-13-18)19(2)16(20)8-11-17-23(21,22)15-6-4-3-5-7-15/h3-7,14,17H,8-13H2,1-2H3/p+1. The summed E-state index contributed by atoms with van der Waals surface area (Å²) in [4.78, 5) is 15.7. The number of nitrogens with one attached hydrogen (secondary N) is 2. The van der Waals surface area contributed by atoms with Gasteiger partial charge in [-0.15, -0.1) is 0 Å². The number of likely N-dealkylation sites (tertiary alicyclic amines) is 1. The van der Waals surface area contributed by atoms with Crippen LogP contribution < -0.4 is 9.62 Å². The minimum atomic E-state index is -3.54. The van der Waals surface area contributed by atoms with Crippen molar-refractivity contribution in [2.24, 2.45) is 0 Å². The Morgan fingerprint density at radius 1 is 1.26 bits per heavy atom. The summed E-state index contributed by atoms with van der Waals surface area (Å²) in [6.07, 6.45) is 2.19. The number of nitrogens with zero attached hydrogens (tertiary/aromatic N) is 1. The molecule has 0 saturated carbocycles. The lowest BCUT2D eigenvalue weighted by molar-refractivity contribution is -0.885. The zero-order valence-corrected chi connectivity index (χ0v) is 14.6. The normalized spacial score (nSPS) is 21.8. The van der Waals surface area contributed by atoms with Gasteiger partial charge in [-0.2, -0.15) is 0 Å². The fraction of sp³-hybridized carbons (Fsp3) is 0.562. The molecular formula is C16H26N3O3S+. The molecule has 0 radical (unpaired) electrons. The van der Waals surface area contributed by atoms with Gasteiger partial charge < -0.3 is 9.80 Å². The van der Waals surface area contributed by atoms with Crippen molar-refractivity contribution in [1.29, 1.82) is 0 Å². The number of quaternary nitrogens is 1. The Morgan fingerprint density at radius 3 is 2.48 bits per heavy atom. The third-order valence-corrected chi connectivity index (χ3v) is 5.91. The highest BCUT2D eigenvalue weighted by Crippen LogP contribution is 2.10. The average Bonchev–Trinajstić information content (AvgIpc) is 2.55. The molecule has 0 aromatic heterocycles. The second-order valence-corrected chi connectivity index (χ2v) is 7.92. The molecule has 1 saturated heterocycles. The lowest BCUT2D eigenvalue weighted by Gasteiger charge is -2.33. The zero-order valence-electron chi connectivity index (χ0n) is 13.8. The molecule has 0 aliphatic carbocycles. The molecule has 7 heteroatoms. The van der Waals surface area contributed by atoms with Gasteiger partial charge in [-0.1, -0.05) is 18.2 Å². The summed E-state index contributed by atoms with van der Waals surface area (Å²) in [6.45, 7) is 2.27. The first kappa shape index (κ1) is 17.9. The number of hydrogen-bond acceptors (Lipinski definition) is 3. The van der Waals surface area contributed by atoms with Gasteiger partial charge in [0.25, 0.3) is 0 Å². The molecule has 1 heterocycles. The van der Waals surface area contributed by atoms with Crippen molar-refractivity contribution in [2.45, 2.75) is 30.2 Å². The minimum Gasteiger partial charge on any atom is -0.342 e. The number of carbonyl (C=O) groups is 1. The molecule has 1 aliphatic rings. The maximum absolute atomic E-state index is 12.2. The molecule has 0 bridgehead atoms. The fourth-order valence-electron chi connectivity index (χ4n) is 2.84. The number of rotatable bonds is 6. The van der Waals surface area contributed by atoms with Gasteiger partial charge in [0.15, 0.2) is 0 Å². The van der Waals surface area contributed by atoms with Crippen LogP contribution in [0.5, 0.6) is 0 Å². The van der Waals surface area contributed by atoms with Gasteiger partial charge >= 0.3 is 0 Å². The van der Waals surface area contributed by atoms with Crippen molar-refractivity contribution in [3.05, 3.63) is 30.3 Å². The Labute approximate surface area is 138 Å². The summed E-state index contributed by atoms with van der Waals surface area (Å²) in [5, 5.41) is 0. The third kappa shape index (κ3) is 5.02. The van der Waals surface area contributed by atoms with E-state index in [1.807, 2.05) is 7.05 Å². The number of piperidine rings is 1. The van der Waals surface area contributed by atoms with Crippen molar-refractivity contribution in [3.63, 3.8) is 0 Å². The molecule has 2 N–H and O–H groups in total. The Kier molecular flexibility index (Phi) is 6.15. The van der Waals surface area contributed by atoms with Gasteiger partial charge in [-0.25, -0.2) is 13.1 Å². The number of benzene rings is 1. The predicted molar refractivity (Wildman–Crippen MR) is 88.7 cm³/mol. The number of amides is 1. The first-order valence-electron chi connectivity index (χ1n) is 8.02. The average molecular weight is 340 g/mol. The van der Waals surface area contributed by atoms with Crippen LogP contribution in [0.2, 0.25) is 0 Å². The fourth-order valence-corrected chi connectivity index (χ4v) is 3.89. The highest BCUT2D eigenvalue weighted by molar-refractivity contribution is 7.89. The molecule has 0 unspecified atom stereocenters. The van der Waals surface area contributed by atoms with E-state index in [0.29, 0.717) is 0 Å². The minimum absolute atomic E-state index is 0.00897. The van der Waals surface area contributed by atoms with Crippen LogP contribution in [0, 0.1) is 0 Å². The van der Waals surface area contributed by atoms with Crippen LogP contribution in [0.25, 0.3) is 0 Å². The van der Waals surface area contributed by atoms with Crippen LogP contribution in [0.1, 0.15) is 19.3 Å². The summed E-state index contributed by atoms with van der Waals surface area (Å²) in [6, 6.07) is 8.47. The van der Waals surface area contributed by atoms with E-state index in [9.17, 15) is 13.2 Å². The summed E-state index contributed by atoms with van der Waals surface area (Å²) in [7, 11) is 0.444. The highest BCUT2D eigenvalue weighted by Gasteiger charge is 2.25. The summed E-state index contributed by atoms with van der Waals surface area (Å²) >= 11 is 0. The summed E-state index contributed by atoms with van der Waals surface area (Å²) in [5.74, 6) is -0.00897. The second kappa shape index (κ2) is 7.90. The molecule has 0 atom stereocenters. The van der Waals surface area contributed by atoms with Gasteiger partial charge in [0, 0.05) is 38.9 Å². The van der Waals surface area contributed by atoms with Crippen molar-refractivity contribution in [3.8, 4) is 0 Å². The van der Waals surface area contributed by atoms with Crippen LogP contribution in [-0.4, -0.2) is 59.0 Å². The van der Waals surface area contributed by atoms with Gasteiger partial charge in [-0.05, 0) is 12.1 Å². The Hall–Kier alpha value is -1.44. The smallest absolute Gasteiger partial charge is 0.240 e. The number of sulfonamides is 1. The third-order valence-electron chi connectivity index (χ3n) is 4.43. The van der Waals surface area contributed by atoms with E-state index in [1.165, 1.54) is 17.0 Å². The quantitative estimate of drug-likeness (QED) is 0.733. The van der Waals surface area contributed by atoms with Crippen molar-refractivity contribution in [1.82, 2.24) is 9.62 Å². The van der Waals surface area contributed by atoms with E-state index in [0.717, 1.165) is 25.9 Å². The Bertz CT molecular complexity index is 611. The molecule has 1 aliphatic heterocycles. The van der Waals surface area contributed by atoms with Crippen LogP contribution in [0.4, 0.5) is 0 Å². The second-order valence-electron chi connectivity index (χ2n) is 6.15. The number of carbonyl (C=O) groups excluding carboxylic acids is 1. The van der Waals surface area contributed by atoms with Crippen molar-refractivity contribution in [2.75, 3.05) is 33.7 Å². The van der Waals surface area contributed by atoms with E-state index in [2.05, 4.69) is 11.8 Å². The molecule has 6 nitrogen and oxygen atoms in total. The van der Waals surface area contributed by atoms with Crippen LogP contribution in [0.3, 0.4) is 0 Å². The van der Waals surface area contributed by atoms with Crippen LogP contribution in [0.15, 0.2) is 35.2 Å². The van der Waals surface area contributed by atoms with E-state index >= 15 is 0 Å². The van der Waals surface area contributed by atoms with Crippen LogP contribution >= 0.6 is 0 Å². The van der Waals surface area contributed by atoms with Crippen molar-refractivity contribution < 1.29 is 18.1 Å². The highest BCUT2D eigenvalue weighted by atomic mass is 32.2. The monoisotopic (exact) mass is 340 g/mol. The molecule has 1 fully saturated rings. The van der Waals surface area contributed by atoms with E-state index in [1.54, 1.807) is 23.1 Å². The topological polar surface area (TPSA) is 70.9 Å². The van der Waals surface area contributed by atoms with Crippen LogP contribution in [-0.2, 0) is 14.8 Å². The Balaban J connectivity index is 1.80. The molecule has 1 aromatic rings. The maximum atomic E-state index is 12.2. The van der Waals surface area contributed by atoms with Gasteiger partial charge in [0.2, 0.25) is 15.9 Å². The molecular weight excluding hydrogens is 314 g/mol. The van der Waals surface area contributed by atoms with Gasteiger partial charge in [-0.3, -0.25) is 4.79 Å². The molecule has 1 amide bonds. The first-order valence-corrected chi connectivity index (χ1v) is 9.50. The van der Waals surface area contributed by atoms with Gasteiger partial charge in [0.05, 0.1) is 25.0 Å². The van der Waals surface area contributed by atoms with Gasteiger partial charge in [0.1, 0.15) is 0 Å². The summed E-state index contributed by atoms with van der Waals surface area (Å²) < 4.78 is 26.7. The summed E-state index contributed by atoms with van der Waals surface area (Å²) in [5.41, 5.74) is 0. The van der Waals surface area contributed by atoms with E-state index in [-0.39, 0.29) is 29.8 Å². The lowest BCUT2D eigenvalue weighted by atomic mass is 10.0. The maximum Gasteiger partial charge on any atom is 0.240 e. The first-order chi connectivity index (χ1) is 10.9. The molecule has 2 rings (SSSR count). The largest absolute Gasteiger partial charge is 0.342 e. The lowest BCUT2D eigenvalue weighted by Crippen LogP contribution is -3.10. The molecule has 23 heavy (non-hydrogen) atoms. The number of hydrogen-bond donors (Lipinski definition) is 2. The molecule has 0 spiro atoms. The molecule has 1 aromatic carbocycles. The Morgan fingerprint density at radius 2 is 1.87 bits per heavy atom. The van der Waals surface area contributed by atoms with Crippen molar-refractivity contribution >= 4 is 15.9 Å². The molecule has 128 valence electrons. The SMILES string of the molecule is CN(C(=O)CCNS(=O)(=O)c1ccccc1)C1CC[NH+](C)CC1. The predicted octanol–water partition coefficient (Wildman–Crippen LogP) is -0.509. The van der Waals surface area contributed by atoms with E-state index < -0.39 is 10.0 Å². The van der Waals surface area contributed by atoms with E-state index in [4.69, 9.17) is 0 Å².